The third-order valence-corrected chi connectivity index (χ3v) is 5.98. The van der Waals surface area contributed by atoms with E-state index in [9.17, 15) is 24.6 Å². The first kappa shape index (κ1) is 22.0. The van der Waals surface area contributed by atoms with Gasteiger partial charge in [0, 0.05) is 11.1 Å². The predicted molar refractivity (Wildman–Crippen MR) is 123 cm³/mol. The first-order valence-electron chi connectivity index (χ1n) is 10.2. The summed E-state index contributed by atoms with van der Waals surface area (Å²) in [5.74, 6) is -4.08. The van der Waals surface area contributed by atoms with Gasteiger partial charge in [0.25, 0.3) is 18.1 Å². The molecule has 1 unspecified atom stereocenters. The van der Waals surface area contributed by atoms with E-state index in [4.69, 9.17) is 9.47 Å². The number of aromatic hydroxyl groups is 2. The number of esters is 2. The topological polar surface area (TPSA) is 148 Å². The molecule has 0 fully saturated rings. The number of anilines is 1. The molecule has 10 nitrogen and oxygen atoms in total. The maximum absolute atomic E-state index is 12.8. The standard InChI is InChI=1S/C24H15N3O7S/c28-17-16(23(32)34-24-14-9-5-4-8-13(14)22(31)33-24)26-19(27-21(17)30)18-15(10-11-35-18)25-20(29)12-6-2-1-3-7-12/h1-11,24,28H,(H,25,29)(H,26,27,30). The fourth-order valence-corrected chi connectivity index (χ4v) is 4.19. The molecule has 0 aliphatic carbocycles. The van der Waals surface area contributed by atoms with Crippen LogP contribution in [0.4, 0.5) is 5.69 Å². The van der Waals surface area contributed by atoms with E-state index in [-0.39, 0.29) is 17.3 Å². The average Bonchev–Trinajstić information content (AvgIpc) is 3.45. The number of carbonyl (C=O) groups excluding carboxylic acids is 3. The Morgan fingerprint density at radius 3 is 2.54 bits per heavy atom. The van der Waals surface area contributed by atoms with Gasteiger partial charge in [-0.05, 0) is 29.6 Å². The molecule has 11 heteroatoms. The molecular formula is C24H15N3O7S. The molecule has 3 N–H and O–H groups in total. The fourth-order valence-electron chi connectivity index (χ4n) is 3.40. The van der Waals surface area contributed by atoms with Crippen molar-refractivity contribution in [3.63, 3.8) is 0 Å². The van der Waals surface area contributed by atoms with Crippen molar-refractivity contribution in [3.05, 3.63) is 88.4 Å². The molecule has 5 rings (SSSR count). The van der Waals surface area contributed by atoms with Gasteiger partial charge in [-0.3, -0.25) is 4.79 Å². The zero-order valence-corrected chi connectivity index (χ0v) is 18.5. The van der Waals surface area contributed by atoms with Crippen LogP contribution in [0.25, 0.3) is 10.7 Å². The molecule has 2 aromatic carbocycles. The molecule has 0 saturated carbocycles. The van der Waals surface area contributed by atoms with Gasteiger partial charge in [-0.25, -0.2) is 14.6 Å². The lowest BCUT2D eigenvalue weighted by molar-refractivity contribution is -0.0729. The fraction of sp³-hybridized carbons (Fsp3) is 0.0417. The molecule has 1 aliphatic rings. The van der Waals surface area contributed by atoms with Crippen molar-refractivity contribution in [2.45, 2.75) is 6.29 Å². The normalized spacial score (nSPS) is 14.2. The molecule has 35 heavy (non-hydrogen) atoms. The van der Waals surface area contributed by atoms with Gasteiger partial charge in [0.1, 0.15) is 0 Å². The van der Waals surface area contributed by atoms with Crippen molar-refractivity contribution in [3.8, 4) is 22.3 Å². The zero-order chi connectivity index (χ0) is 24.5. The lowest BCUT2D eigenvalue weighted by atomic mass is 10.1. The van der Waals surface area contributed by atoms with E-state index < -0.39 is 35.6 Å². The zero-order valence-electron chi connectivity index (χ0n) is 17.7. The van der Waals surface area contributed by atoms with Gasteiger partial charge < -0.3 is 25.0 Å². The summed E-state index contributed by atoms with van der Waals surface area (Å²) in [4.78, 5) is 45.6. The van der Waals surface area contributed by atoms with Crippen LogP contribution in [-0.4, -0.2) is 38.0 Å². The molecule has 4 aromatic rings. The van der Waals surface area contributed by atoms with E-state index >= 15 is 0 Å². The number of fused-ring (bicyclic) bond motifs is 1. The number of benzene rings is 2. The van der Waals surface area contributed by atoms with Crippen molar-refractivity contribution in [2.24, 2.45) is 0 Å². The Balaban J connectivity index is 1.43. The second-order valence-corrected chi connectivity index (χ2v) is 8.20. The number of ether oxygens (including phenoxy) is 2. The Morgan fingerprint density at radius 2 is 1.74 bits per heavy atom. The summed E-state index contributed by atoms with van der Waals surface area (Å²) in [6.07, 6.45) is -1.34. The molecule has 0 radical (unpaired) electrons. The molecule has 0 bridgehead atoms. The minimum atomic E-state index is -1.34. The summed E-state index contributed by atoms with van der Waals surface area (Å²) < 4.78 is 10.3. The van der Waals surface area contributed by atoms with E-state index in [1.807, 2.05) is 0 Å². The number of hydrogen-bond donors (Lipinski definition) is 3. The number of amides is 1. The van der Waals surface area contributed by atoms with Crippen molar-refractivity contribution in [1.82, 2.24) is 9.97 Å². The molecule has 1 amide bonds. The van der Waals surface area contributed by atoms with Gasteiger partial charge in [-0.15, -0.1) is 11.3 Å². The quantitative estimate of drug-likeness (QED) is 0.355. The highest BCUT2D eigenvalue weighted by molar-refractivity contribution is 7.14. The van der Waals surface area contributed by atoms with E-state index in [0.29, 0.717) is 21.7 Å². The molecule has 2 aromatic heterocycles. The Hall–Kier alpha value is -4.77. The van der Waals surface area contributed by atoms with E-state index in [1.54, 1.807) is 60.0 Å². The number of aromatic nitrogens is 2. The number of thiophene rings is 1. The van der Waals surface area contributed by atoms with Crippen LogP contribution in [0, 0.1) is 0 Å². The summed E-state index contributed by atoms with van der Waals surface area (Å²) in [5.41, 5.74) is 0.717. The van der Waals surface area contributed by atoms with Crippen LogP contribution >= 0.6 is 11.3 Å². The molecule has 1 atom stereocenters. The van der Waals surface area contributed by atoms with Gasteiger partial charge in [-0.1, -0.05) is 36.4 Å². The second-order valence-electron chi connectivity index (χ2n) is 7.28. The minimum Gasteiger partial charge on any atom is -0.501 e. The van der Waals surface area contributed by atoms with Gasteiger partial charge in [-0.2, -0.15) is 4.98 Å². The van der Waals surface area contributed by atoms with Crippen molar-refractivity contribution in [1.29, 1.82) is 0 Å². The lowest BCUT2D eigenvalue weighted by Crippen LogP contribution is -2.14. The van der Waals surface area contributed by atoms with Crippen LogP contribution in [0.1, 0.15) is 43.1 Å². The Morgan fingerprint density at radius 1 is 1.00 bits per heavy atom. The summed E-state index contributed by atoms with van der Waals surface area (Å²) in [6, 6.07) is 16.5. The molecule has 3 heterocycles. The van der Waals surface area contributed by atoms with Crippen molar-refractivity contribution < 1.29 is 34.1 Å². The van der Waals surface area contributed by atoms with Crippen LogP contribution in [0.5, 0.6) is 11.6 Å². The third-order valence-electron chi connectivity index (χ3n) is 5.07. The number of hydrogen-bond acceptors (Lipinski definition) is 10. The number of rotatable bonds is 5. The number of carbonyl (C=O) groups is 3. The Kier molecular flexibility index (Phi) is 5.59. The summed E-state index contributed by atoms with van der Waals surface area (Å²) in [6.45, 7) is 0. The molecular weight excluding hydrogens is 474 g/mol. The average molecular weight is 489 g/mol. The first-order valence-corrected chi connectivity index (χ1v) is 11.1. The van der Waals surface area contributed by atoms with Gasteiger partial charge >= 0.3 is 11.9 Å². The number of cyclic esters (lactones) is 1. The van der Waals surface area contributed by atoms with Gasteiger partial charge in [0.15, 0.2) is 11.5 Å². The summed E-state index contributed by atoms with van der Waals surface area (Å²) >= 11 is 1.14. The highest BCUT2D eigenvalue weighted by Crippen LogP contribution is 2.37. The van der Waals surface area contributed by atoms with Crippen LogP contribution < -0.4 is 5.32 Å². The third kappa shape index (κ3) is 4.15. The van der Waals surface area contributed by atoms with Crippen LogP contribution in [0.3, 0.4) is 0 Å². The molecule has 0 saturated heterocycles. The molecule has 0 spiro atoms. The second kappa shape index (κ2) is 8.88. The highest BCUT2D eigenvalue weighted by atomic mass is 32.1. The molecule has 174 valence electrons. The van der Waals surface area contributed by atoms with Crippen LogP contribution in [0.15, 0.2) is 66.0 Å². The van der Waals surface area contributed by atoms with Crippen LogP contribution in [-0.2, 0) is 9.47 Å². The monoisotopic (exact) mass is 489 g/mol. The van der Waals surface area contributed by atoms with Gasteiger partial charge in [0.05, 0.1) is 16.1 Å². The predicted octanol–water partition coefficient (Wildman–Crippen LogP) is 3.89. The largest absolute Gasteiger partial charge is 0.501 e. The van der Waals surface area contributed by atoms with E-state index in [1.165, 1.54) is 6.07 Å². The van der Waals surface area contributed by atoms with E-state index in [0.717, 1.165) is 11.3 Å². The maximum atomic E-state index is 12.8. The minimum absolute atomic E-state index is 0.130. The maximum Gasteiger partial charge on any atom is 0.364 e. The smallest absolute Gasteiger partial charge is 0.364 e. The lowest BCUT2D eigenvalue weighted by Gasteiger charge is -2.13. The number of nitrogens with one attached hydrogen (secondary N) is 1. The number of nitrogens with zero attached hydrogens (tertiary/aromatic N) is 2. The summed E-state index contributed by atoms with van der Waals surface area (Å²) in [5, 5.41) is 24.8. The van der Waals surface area contributed by atoms with Crippen molar-refractivity contribution in [2.75, 3.05) is 5.32 Å². The van der Waals surface area contributed by atoms with Gasteiger partial charge in [0.2, 0.25) is 5.75 Å². The van der Waals surface area contributed by atoms with E-state index in [2.05, 4.69) is 15.3 Å². The first-order chi connectivity index (χ1) is 16.9. The Bertz CT molecular complexity index is 1470. The Labute approximate surface area is 201 Å². The SMILES string of the molecule is O=C(Nc1ccsc1-c1nc(O)c(O)c(C(=O)OC2OC(=O)c3ccccc32)n1)c1ccccc1. The molecule has 1 aliphatic heterocycles. The summed E-state index contributed by atoms with van der Waals surface area (Å²) in [7, 11) is 0. The highest BCUT2D eigenvalue weighted by Gasteiger charge is 2.35. The van der Waals surface area contributed by atoms with Crippen molar-refractivity contribution >= 4 is 34.9 Å². The van der Waals surface area contributed by atoms with Crippen LogP contribution in [0.2, 0.25) is 0 Å².